The van der Waals surface area contributed by atoms with E-state index >= 15 is 0 Å². The third-order valence-corrected chi connectivity index (χ3v) is 6.01. The van der Waals surface area contributed by atoms with Gasteiger partial charge in [-0.1, -0.05) is 18.2 Å². The highest BCUT2D eigenvalue weighted by Gasteiger charge is 2.38. The Morgan fingerprint density at radius 2 is 1.53 bits per heavy atom. The lowest BCUT2D eigenvalue weighted by molar-refractivity contribution is -0.192. The standard InChI is InChI=1S/C19H19NOS2.C2HF3O2/c20-19(21)15-9-7-14(8-10-15)16-12-18(23-13-16)5-2-1-4-17-6-3-11-22-17;3-2(4,5)1(6)7/h3,6-13H,1-2,4-5H2,(H2,20,21);(H,6,7). The van der Waals surface area contributed by atoms with Crippen LogP contribution in [0.4, 0.5) is 13.2 Å². The van der Waals surface area contributed by atoms with Crippen molar-refractivity contribution >= 4 is 34.6 Å². The summed E-state index contributed by atoms with van der Waals surface area (Å²) in [5, 5.41) is 11.5. The molecule has 0 spiro atoms. The van der Waals surface area contributed by atoms with Crippen LogP contribution < -0.4 is 5.73 Å². The Hall–Kier alpha value is -2.65. The van der Waals surface area contributed by atoms with Gasteiger partial charge in [0, 0.05) is 15.3 Å². The number of aryl methyl sites for hydroxylation is 2. The summed E-state index contributed by atoms with van der Waals surface area (Å²) in [6, 6.07) is 14.1. The number of aliphatic carboxylic acids is 1. The third-order valence-electron chi connectivity index (χ3n) is 4.08. The predicted octanol–water partition coefficient (Wildman–Crippen LogP) is 5.77. The largest absolute Gasteiger partial charge is 0.490 e. The lowest BCUT2D eigenvalue weighted by Gasteiger charge is -2.00. The van der Waals surface area contributed by atoms with E-state index in [9.17, 15) is 18.0 Å². The average molecular weight is 456 g/mol. The van der Waals surface area contributed by atoms with Crippen molar-refractivity contribution in [3.05, 3.63) is 68.5 Å². The molecule has 0 radical (unpaired) electrons. The molecule has 0 fully saturated rings. The van der Waals surface area contributed by atoms with Crippen molar-refractivity contribution in [3.8, 4) is 11.1 Å². The zero-order chi connectivity index (χ0) is 22.1. The number of carbonyl (C=O) groups excluding carboxylic acids is 1. The molecule has 0 aliphatic carbocycles. The highest BCUT2D eigenvalue weighted by atomic mass is 32.1. The van der Waals surface area contributed by atoms with Gasteiger partial charge < -0.3 is 10.8 Å². The monoisotopic (exact) mass is 455 g/mol. The number of unbranched alkanes of at least 4 members (excludes halogenated alkanes) is 1. The average Bonchev–Trinajstić information content (AvgIpc) is 3.37. The van der Waals surface area contributed by atoms with Crippen LogP contribution in [0.3, 0.4) is 0 Å². The minimum Gasteiger partial charge on any atom is -0.475 e. The fourth-order valence-electron chi connectivity index (χ4n) is 2.54. The van der Waals surface area contributed by atoms with Crippen molar-refractivity contribution in [3.63, 3.8) is 0 Å². The number of benzene rings is 1. The maximum Gasteiger partial charge on any atom is 0.490 e. The van der Waals surface area contributed by atoms with E-state index in [0.717, 1.165) is 12.0 Å². The van der Waals surface area contributed by atoms with Crippen LogP contribution in [0.2, 0.25) is 0 Å². The predicted molar refractivity (Wildman–Crippen MR) is 113 cm³/mol. The highest BCUT2D eigenvalue weighted by Crippen LogP contribution is 2.27. The fraction of sp³-hybridized carbons (Fsp3) is 0.238. The molecule has 2 heterocycles. The number of hydrogen-bond donors (Lipinski definition) is 2. The molecule has 0 aliphatic heterocycles. The molecule has 30 heavy (non-hydrogen) atoms. The smallest absolute Gasteiger partial charge is 0.475 e. The molecule has 3 rings (SSSR count). The minimum absolute atomic E-state index is 0.381. The van der Waals surface area contributed by atoms with E-state index in [0.29, 0.717) is 5.56 Å². The number of primary amides is 1. The summed E-state index contributed by atoms with van der Waals surface area (Å²) >= 11 is 3.66. The van der Waals surface area contributed by atoms with Gasteiger partial charge >= 0.3 is 12.1 Å². The van der Waals surface area contributed by atoms with Crippen LogP contribution in [0.1, 0.15) is 33.0 Å². The highest BCUT2D eigenvalue weighted by molar-refractivity contribution is 7.10. The summed E-state index contributed by atoms with van der Waals surface area (Å²) in [5.41, 5.74) is 8.18. The van der Waals surface area contributed by atoms with Crippen molar-refractivity contribution in [2.75, 3.05) is 0 Å². The van der Waals surface area contributed by atoms with Crippen LogP contribution in [0.5, 0.6) is 0 Å². The molecule has 0 aliphatic rings. The Balaban J connectivity index is 0.000000396. The number of nitrogens with two attached hydrogens (primary N) is 1. The van der Waals surface area contributed by atoms with Gasteiger partial charge in [0.05, 0.1) is 0 Å². The maximum atomic E-state index is 11.1. The van der Waals surface area contributed by atoms with Crippen molar-refractivity contribution in [2.24, 2.45) is 5.73 Å². The first-order valence-electron chi connectivity index (χ1n) is 8.97. The lowest BCUT2D eigenvalue weighted by Crippen LogP contribution is -2.21. The second-order valence-electron chi connectivity index (χ2n) is 6.33. The summed E-state index contributed by atoms with van der Waals surface area (Å²) in [6.45, 7) is 0. The number of hydrogen-bond acceptors (Lipinski definition) is 4. The van der Waals surface area contributed by atoms with Crippen LogP contribution in [0.15, 0.2) is 53.2 Å². The van der Waals surface area contributed by atoms with Crippen molar-refractivity contribution in [1.29, 1.82) is 0 Å². The van der Waals surface area contributed by atoms with E-state index in [2.05, 4.69) is 29.0 Å². The van der Waals surface area contributed by atoms with Gasteiger partial charge in [0.15, 0.2) is 0 Å². The third kappa shape index (κ3) is 7.64. The van der Waals surface area contributed by atoms with Crippen LogP contribution >= 0.6 is 22.7 Å². The van der Waals surface area contributed by atoms with E-state index < -0.39 is 12.1 Å². The molecule has 1 aromatic carbocycles. The molecule has 2 aromatic heterocycles. The van der Waals surface area contributed by atoms with E-state index in [1.165, 1.54) is 34.6 Å². The van der Waals surface area contributed by atoms with E-state index in [1.54, 1.807) is 12.1 Å². The first-order valence-corrected chi connectivity index (χ1v) is 10.7. The maximum absolute atomic E-state index is 11.1. The quantitative estimate of drug-likeness (QED) is 0.444. The van der Waals surface area contributed by atoms with Crippen LogP contribution in [-0.2, 0) is 17.6 Å². The first kappa shape index (κ1) is 23.6. The van der Waals surface area contributed by atoms with Gasteiger partial charge in [0.25, 0.3) is 0 Å². The van der Waals surface area contributed by atoms with Gasteiger partial charge in [-0.2, -0.15) is 13.2 Å². The molecule has 3 aromatic rings. The SMILES string of the molecule is NC(=O)c1ccc(-c2csc(CCCCc3cccs3)c2)cc1.O=C(O)C(F)(F)F. The van der Waals surface area contributed by atoms with Gasteiger partial charge in [-0.3, -0.25) is 4.79 Å². The van der Waals surface area contributed by atoms with Gasteiger partial charge in [-0.15, -0.1) is 22.7 Å². The second kappa shape index (κ2) is 10.9. The normalized spacial score (nSPS) is 10.9. The van der Waals surface area contributed by atoms with E-state index in [4.69, 9.17) is 15.6 Å². The molecule has 160 valence electrons. The van der Waals surface area contributed by atoms with Crippen molar-refractivity contribution in [2.45, 2.75) is 31.9 Å². The number of carbonyl (C=O) groups is 2. The molecule has 0 unspecified atom stereocenters. The molecule has 9 heteroatoms. The fourth-order valence-corrected chi connectivity index (χ4v) is 4.23. The zero-order valence-corrected chi connectivity index (χ0v) is 17.4. The molecule has 3 N–H and O–H groups in total. The Kier molecular flexibility index (Phi) is 8.61. The van der Waals surface area contributed by atoms with Gasteiger partial charge in [0.2, 0.25) is 5.91 Å². The summed E-state index contributed by atoms with van der Waals surface area (Å²) in [7, 11) is 0. The van der Waals surface area contributed by atoms with E-state index in [1.807, 2.05) is 34.8 Å². The molecule has 0 saturated carbocycles. The molecule has 0 saturated heterocycles. The van der Waals surface area contributed by atoms with Crippen LogP contribution in [0, 0.1) is 0 Å². The molecular weight excluding hydrogens is 435 g/mol. The van der Waals surface area contributed by atoms with Gasteiger partial charge in [-0.25, -0.2) is 4.79 Å². The second-order valence-corrected chi connectivity index (χ2v) is 8.36. The molecule has 0 atom stereocenters. The summed E-state index contributed by atoms with van der Waals surface area (Å²) in [5.74, 6) is -3.14. The van der Waals surface area contributed by atoms with Gasteiger partial charge in [-0.05, 0) is 71.8 Å². The van der Waals surface area contributed by atoms with E-state index in [-0.39, 0.29) is 5.91 Å². The summed E-state index contributed by atoms with van der Waals surface area (Å²) in [4.78, 5) is 22.9. The zero-order valence-electron chi connectivity index (χ0n) is 15.8. The molecule has 4 nitrogen and oxygen atoms in total. The summed E-state index contributed by atoms with van der Waals surface area (Å²) in [6.07, 6.45) is -0.306. The van der Waals surface area contributed by atoms with Gasteiger partial charge in [0.1, 0.15) is 0 Å². The first-order chi connectivity index (χ1) is 14.2. The number of rotatable bonds is 7. The number of carboxylic acid groups (broad SMARTS) is 1. The number of carboxylic acids is 1. The molecule has 0 bridgehead atoms. The van der Waals surface area contributed by atoms with Crippen LogP contribution in [-0.4, -0.2) is 23.2 Å². The number of amides is 1. The number of thiophene rings is 2. The lowest BCUT2D eigenvalue weighted by atomic mass is 10.1. The Bertz CT molecular complexity index is 949. The van der Waals surface area contributed by atoms with Crippen molar-refractivity contribution < 1.29 is 27.9 Å². The Morgan fingerprint density at radius 1 is 0.933 bits per heavy atom. The van der Waals surface area contributed by atoms with Crippen molar-refractivity contribution in [1.82, 2.24) is 0 Å². The van der Waals surface area contributed by atoms with Crippen LogP contribution in [0.25, 0.3) is 11.1 Å². The molecular formula is C21H20F3NO3S2. The Labute approximate surface area is 179 Å². The summed E-state index contributed by atoms with van der Waals surface area (Å²) < 4.78 is 31.7. The number of halogens is 3. The number of alkyl halides is 3. The Morgan fingerprint density at radius 3 is 2.03 bits per heavy atom. The molecule has 1 amide bonds. The topological polar surface area (TPSA) is 80.4 Å². The minimum atomic E-state index is -5.08.